The van der Waals surface area contributed by atoms with E-state index in [1.807, 2.05) is 30.3 Å². The average molecular weight is 277 g/mol. The second-order valence-electron chi connectivity index (χ2n) is 4.13. The van der Waals surface area contributed by atoms with Gasteiger partial charge in [-0.15, -0.1) is 0 Å². The molecule has 0 spiro atoms. The first kappa shape index (κ1) is 13.6. The van der Waals surface area contributed by atoms with Crippen LogP contribution in [0, 0.1) is 0 Å². The van der Waals surface area contributed by atoms with Gasteiger partial charge < -0.3 is 5.11 Å². The molecule has 2 aromatic rings. The van der Waals surface area contributed by atoms with Crippen molar-refractivity contribution in [3.05, 3.63) is 60.2 Å². The Morgan fingerprint density at radius 2 is 1.74 bits per heavy atom. The highest BCUT2D eigenvalue weighted by Gasteiger charge is 2.13. The molecule has 0 radical (unpaired) electrons. The van der Waals surface area contributed by atoms with Gasteiger partial charge in [0, 0.05) is 6.54 Å². The van der Waals surface area contributed by atoms with Crippen molar-refractivity contribution in [1.29, 1.82) is 0 Å². The van der Waals surface area contributed by atoms with Crippen LogP contribution < -0.4 is 4.72 Å². The van der Waals surface area contributed by atoms with E-state index in [4.69, 9.17) is 0 Å². The van der Waals surface area contributed by atoms with Gasteiger partial charge in [0.05, 0.1) is 4.90 Å². The molecule has 0 heterocycles. The molecule has 0 saturated carbocycles. The summed E-state index contributed by atoms with van der Waals surface area (Å²) in [5.41, 5.74) is 1.07. The lowest BCUT2D eigenvalue weighted by atomic mass is 10.2. The van der Waals surface area contributed by atoms with Crippen molar-refractivity contribution in [2.45, 2.75) is 11.3 Å². The molecule has 0 atom stereocenters. The first-order valence-corrected chi connectivity index (χ1v) is 7.39. The fourth-order valence-electron chi connectivity index (χ4n) is 1.71. The molecule has 0 unspecified atom stereocenters. The molecule has 2 N–H and O–H groups in total. The van der Waals surface area contributed by atoms with Crippen molar-refractivity contribution >= 4 is 10.0 Å². The molecule has 0 fully saturated rings. The van der Waals surface area contributed by atoms with Crippen LogP contribution in [-0.2, 0) is 16.4 Å². The highest BCUT2D eigenvalue weighted by Crippen LogP contribution is 2.15. The highest BCUT2D eigenvalue weighted by molar-refractivity contribution is 7.89. The molecular formula is C14H15NO3S. The molecule has 100 valence electrons. The smallest absolute Gasteiger partial charge is 0.240 e. The fraction of sp³-hybridized carbons (Fsp3) is 0.143. The summed E-state index contributed by atoms with van der Waals surface area (Å²) in [5, 5.41) is 9.29. The summed E-state index contributed by atoms with van der Waals surface area (Å²) in [5.74, 6) is -0.0639. The van der Waals surface area contributed by atoms with Crippen molar-refractivity contribution in [1.82, 2.24) is 4.72 Å². The van der Waals surface area contributed by atoms with Crippen LogP contribution in [0.2, 0.25) is 0 Å². The Bertz CT molecular complexity index is 639. The lowest BCUT2D eigenvalue weighted by Crippen LogP contribution is -2.25. The first-order chi connectivity index (χ1) is 9.08. The molecule has 2 rings (SSSR count). The Kier molecular flexibility index (Phi) is 4.19. The van der Waals surface area contributed by atoms with Crippen molar-refractivity contribution in [2.24, 2.45) is 0 Å². The highest BCUT2D eigenvalue weighted by atomic mass is 32.2. The second kappa shape index (κ2) is 5.86. The summed E-state index contributed by atoms with van der Waals surface area (Å²) in [4.78, 5) is 0.0700. The molecule has 0 saturated heterocycles. The number of sulfonamides is 1. The number of benzene rings is 2. The van der Waals surface area contributed by atoms with Crippen molar-refractivity contribution in [2.75, 3.05) is 6.54 Å². The molecule has 0 aromatic heterocycles. The molecule has 0 amide bonds. The Balaban J connectivity index is 1.99. The molecule has 0 bridgehead atoms. The summed E-state index contributed by atoms with van der Waals surface area (Å²) < 4.78 is 26.4. The van der Waals surface area contributed by atoms with Crippen LogP contribution in [0.1, 0.15) is 5.56 Å². The van der Waals surface area contributed by atoms with Gasteiger partial charge in [0.2, 0.25) is 10.0 Å². The number of nitrogens with one attached hydrogen (secondary N) is 1. The van der Waals surface area contributed by atoms with Crippen LogP contribution >= 0.6 is 0 Å². The summed E-state index contributed by atoms with van der Waals surface area (Å²) in [6.45, 7) is 0.321. The second-order valence-corrected chi connectivity index (χ2v) is 5.90. The van der Waals surface area contributed by atoms with Gasteiger partial charge in [0.25, 0.3) is 0 Å². The molecule has 0 aliphatic heterocycles. The Hall–Kier alpha value is -1.85. The molecule has 0 aliphatic carbocycles. The third kappa shape index (κ3) is 3.81. The number of phenolic OH excluding ortho intramolecular Hbond substituents is 1. The third-order valence-electron chi connectivity index (χ3n) is 2.68. The van der Waals surface area contributed by atoms with Crippen molar-refractivity contribution < 1.29 is 13.5 Å². The largest absolute Gasteiger partial charge is 0.508 e. The maximum Gasteiger partial charge on any atom is 0.240 e. The van der Waals surface area contributed by atoms with Gasteiger partial charge in [-0.3, -0.25) is 0 Å². The van der Waals surface area contributed by atoms with Crippen LogP contribution in [-0.4, -0.2) is 20.1 Å². The predicted octanol–water partition coefficient (Wildman–Crippen LogP) is 1.91. The first-order valence-electron chi connectivity index (χ1n) is 5.90. The average Bonchev–Trinajstić information content (AvgIpc) is 2.40. The minimum absolute atomic E-state index is 0.0639. The van der Waals surface area contributed by atoms with Gasteiger partial charge in [0.1, 0.15) is 5.75 Å². The van der Waals surface area contributed by atoms with Crippen LogP contribution in [0.5, 0.6) is 5.75 Å². The SMILES string of the molecule is O=S(=O)(NCCc1ccccc1)c1cccc(O)c1. The van der Waals surface area contributed by atoms with E-state index in [9.17, 15) is 13.5 Å². The normalized spacial score (nSPS) is 11.4. The van der Waals surface area contributed by atoms with E-state index in [-0.39, 0.29) is 10.6 Å². The lowest BCUT2D eigenvalue weighted by Gasteiger charge is -2.07. The van der Waals surface area contributed by atoms with Crippen molar-refractivity contribution in [3.63, 3.8) is 0 Å². The summed E-state index contributed by atoms with van der Waals surface area (Å²) in [6.07, 6.45) is 0.624. The van der Waals surface area contributed by atoms with Gasteiger partial charge in [-0.2, -0.15) is 0 Å². The number of phenols is 1. The summed E-state index contributed by atoms with van der Waals surface area (Å²) >= 11 is 0. The molecule has 4 nitrogen and oxygen atoms in total. The molecule has 19 heavy (non-hydrogen) atoms. The van der Waals surface area contributed by atoms with Gasteiger partial charge >= 0.3 is 0 Å². The fourth-order valence-corrected chi connectivity index (χ4v) is 2.78. The van der Waals surface area contributed by atoms with Gasteiger partial charge in [-0.1, -0.05) is 36.4 Å². The Morgan fingerprint density at radius 3 is 2.42 bits per heavy atom. The van der Waals surface area contributed by atoms with Gasteiger partial charge in [0.15, 0.2) is 0 Å². The van der Waals surface area contributed by atoms with Crippen LogP contribution in [0.4, 0.5) is 0 Å². The minimum atomic E-state index is -3.56. The standard InChI is InChI=1S/C14H15NO3S/c16-13-7-4-8-14(11-13)19(17,18)15-10-9-12-5-2-1-3-6-12/h1-8,11,15-16H,9-10H2. The van der Waals surface area contributed by atoms with E-state index >= 15 is 0 Å². The van der Waals surface area contributed by atoms with E-state index in [0.29, 0.717) is 13.0 Å². The number of hydrogen-bond donors (Lipinski definition) is 2. The zero-order valence-corrected chi connectivity index (χ0v) is 11.1. The number of hydrogen-bond acceptors (Lipinski definition) is 3. The lowest BCUT2D eigenvalue weighted by molar-refractivity contribution is 0.473. The van der Waals surface area contributed by atoms with Gasteiger partial charge in [-0.25, -0.2) is 13.1 Å². The van der Waals surface area contributed by atoms with E-state index in [2.05, 4.69) is 4.72 Å². The van der Waals surface area contributed by atoms with Crippen molar-refractivity contribution in [3.8, 4) is 5.75 Å². The van der Waals surface area contributed by atoms with Gasteiger partial charge in [-0.05, 0) is 30.2 Å². The predicted molar refractivity (Wildman–Crippen MR) is 73.4 cm³/mol. The number of rotatable bonds is 5. The van der Waals surface area contributed by atoms with Crippen LogP contribution in [0.25, 0.3) is 0 Å². The Morgan fingerprint density at radius 1 is 1.00 bits per heavy atom. The molecule has 2 aromatic carbocycles. The van der Waals surface area contributed by atoms with E-state index in [0.717, 1.165) is 5.56 Å². The van der Waals surface area contributed by atoms with E-state index < -0.39 is 10.0 Å². The third-order valence-corrected chi connectivity index (χ3v) is 4.14. The van der Waals surface area contributed by atoms with E-state index in [1.165, 1.54) is 24.3 Å². The maximum absolute atomic E-state index is 12.0. The van der Waals surface area contributed by atoms with Crippen LogP contribution in [0.3, 0.4) is 0 Å². The zero-order valence-electron chi connectivity index (χ0n) is 10.3. The minimum Gasteiger partial charge on any atom is -0.508 e. The summed E-state index contributed by atoms with van der Waals surface area (Å²) in [7, 11) is -3.56. The topological polar surface area (TPSA) is 66.4 Å². The van der Waals surface area contributed by atoms with E-state index in [1.54, 1.807) is 0 Å². The monoisotopic (exact) mass is 277 g/mol. The number of aromatic hydroxyl groups is 1. The zero-order chi connectivity index (χ0) is 13.7. The molecule has 5 heteroatoms. The molecular weight excluding hydrogens is 262 g/mol. The quantitative estimate of drug-likeness (QED) is 0.877. The summed E-state index contributed by atoms with van der Waals surface area (Å²) in [6, 6.07) is 15.3. The Labute approximate surface area is 112 Å². The van der Waals surface area contributed by atoms with Crippen LogP contribution in [0.15, 0.2) is 59.5 Å². The molecule has 0 aliphatic rings. The maximum atomic E-state index is 12.0.